The molecule has 1 unspecified atom stereocenters. The molecule has 0 spiro atoms. The van der Waals surface area contributed by atoms with Crippen molar-refractivity contribution in [3.8, 4) is 11.5 Å². The molecule has 0 bridgehead atoms. The van der Waals surface area contributed by atoms with Crippen molar-refractivity contribution in [2.24, 2.45) is 0 Å². The monoisotopic (exact) mass is 247 g/mol. The molecule has 18 heavy (non-hydrogen) atoms. The van der Waals surface area contributed by atoms with Gasteiger partial charge in [0.05, 0.1) is 6.61 Å². The van der Waals surface area contributed by atoms with Gasteiger partial charge >= 0.3 is 0 Å². The van der Waals surface area contributed by atoms with Crippen molar-refractivity contribution in [1.29, 1.82) is 0 Å². The Balaban J connectivity index is 2.26. The molecule has 93 valence electrons. The predicted octanol–water partition coefficient (Wildman–Crippen LogP) is 2.44. The predicted molar refractivity (Wildman–Crippen MR) is 63.8 cm³/mol. The van der Waals surface area contributed by atoms with Crippen LogP contribution in [0, 0.1) is 11.9 Å². The minimum atomic E-state index is -1.02. The largest absolute Gasteiger partial charge is 0.457 e. The normalized spacial score (nSPS) is 12.2. The van der Waals surface area contributed by atoms with Crippen molar-refractivity contribution in [3.05, 3.63) is 59.9 Å². The number of benzene rings is 2. The first-order valence-corrected chi connectivity index (χ1v) is 5.43. The summed E-state index contributed by atoms with van der Waals surface area (Å²) in [5.74, 6) is 0.477. The Kier molecular flexibility index (Phi) is 3.92. The zero-order valence-electron chi connectivity index (χ0n) is 9.51. The zero-order chi connectivity index (χ0) is 13.0. The highest BCUT2D eigenvalue weighted by Crippen LogP contribution is 2.29. The highest BCUT2D eigenvalue weighted by Gasteiger charge is 2.12. The number of hydrogen-bond acceptors (Lipinski definition) is 3. The van der Waals surface area contributed by atoms with Crippen molar-refractivity contribution >= 4 is 0 Å². The highest BCUT2D eigenvalue weighted by atomic mass is 19.1. The number of aliphatic hydroxyl groups is 2. The van der Waals surface area contributed by atoms with Crippen LogP contribution in [0.3, 0.4) is 0 Å². The molecule has 0 saturated carbocycles. The van der Waals surface area contributed by atoms with Crippen LogP contribution in [0.15, 0.2) is 42.5 Å². The number of aliphatic hydroxyl groups excluding tert-OH is 2. The molecule has 0 amide bonds. The Hall–Kier alpha value is -1.91. The quantitative estimate of drug-likeness (QED) is 0.872. The number of halogens is 1. The molecule has 0 aliphatic carbocycles. The Bertz CT molecular complexity index is 511. The smallest absolute Gasteiger partial charge is 0.133 e. The Labute approximate surface area is 104 Å². The topological polar surface area (TPSA) is 49.7 Å². The Morgan fingerprint density at radius 2 is 1.94 bits per heavy atom. The lowest BCUT2D eigenvalue weighted by atomic mass is 10.1. The highest BCUT2D eigenvalue weighted by molar-refractivity contribution is 5.38. The van der Waals surface area contributed by atoms with Crippen molar-refractivity contribution in [1.82, 2.24) is 0 Å². The van der Waals surface area contributed by atoms with Gasteiger partial charge in [-0.3, -0.25) is 0 Å². The van der Waals surface area contributed by atoms with Gasteiger partial charge in [0.1, 0.15) is 23.4 Å². The first-order valence-electron chi connectivity index (χ1n) is 5.43. The molecule has 2 aromatic rings. The second kappa shape index (κ2) is 5.62. The molecule has 0 heterocycles. The van der Waals surface area contributed by atoms with Gasteiger partial charge in [0.2, 0.25) is 0 Å². The van der Waals surface area contributed by atoms with E-state index in [1.54, 1.807) is 18.2 Å². The van der Waals surface area contributed by atoms with Crippen molar-refractivity contribution < 1.29 is 19.3 Å². The number of rotatable bonds is 4. The standard InChI is InChI=1S/C14H12FO3/c15-10-5-7-11(8-6-10)18-14-4-2-1-3-12(14)13(17)9-16/h1,3-8,13,16-17H,9H2. The van der Waals surface area contributed by atoms with Gasteiger partial charge in [-0.1, -0.05) is 12.1 Å². The third-order valence-electron chi connectivity index (χ3n) is 2.43. The third-order valence-corrected chi connectivity index (χ3v) is 2.43. The van der Waals surface area contributed by atoms with Crippen LogP contribution in [0.4, 0.5) is 4.39 Å². The molecule has 0 aliphatic rings. The molecule has 1 atom stereocenters. The average molecular weight is 247 g/mol. The van der Waals surface area contributed by atoms with Crippen LogP contribution in [0.2, 0.25) is 0 Å². The fourth-order valence-electron chi connectivity index (χ4n) is 1.52. The first-order chi connectivity index (χ1) is 8.70. The van der Waals surface area contributed by atoms with E-state index in [-0.39, 0.29) is 5.82 Å². The second-order valence-corrected chi connectivity index (χ2v) is 3.72. The van der Waals surface area contributed by atoms with E-state index in [2.05, 4.69) is 6.07 Å². The summed E-state index contributed by atoms with van der Waals surface area (Å²) in [6.07, 6.45) is -1.02. The van der Waals surface area contributed by atoms with Crippen LogP contribution in [0.25, 0.3) is 0 Å². The summed E-state index contributed by atoms with van der Waals surface area (Å²) in [6.45, 7) is -0.399. The fourth-order valence-corrected chi connectivity index (χ4v) is 1.52. The number of hydrogen-bond donors (Lipinski definition) is 2. The lowest BCUT2D eigenvalue weighted by molar-refractivity contribution is 0.0938. The van der Waals surface area contributed by atoms with Crippen molar-refractivity contribution in [3.63, 3.8) is 0 Å². The van der Waals surface area contributed by atoms with E-state index in [1.165, 1.54) is 24.3 Å². The van der Waals surface area contributed by atoms with Crippen LogP contribution in [0.1, 0.15) is 11.7 Å². The molecule has 0 aliphatic heterocycles. The van der Waals surface area contributed by atoms with Gasteiger partial charge in [-0.25, -0.2) is 4.39 Å². The first kappa shape index (κ1) is 12.5. The summed E-state index contributed by atoms with van der Waals surface area (Å²) in [6, 6.07) is 13.1. The molecule has 0 saturated heterocycles. The maximum Gasteiger partial charge on any atom is 0.133 e. The SMILES string of the molecule is OCC(O)c1cc[c]cc1Oc1ccc(F)cc1. The minimum absolute atomic E-state index is 0.349. The lowest BCUT2D eigenvalue weighted by Crippen LogP contribution is -2.04. The van der Waals surface area contributed by atoms with E-state index in [0.29, 0.717) is 17.1 Å². The maximum atomic E-state index is 12.8. The molecule has 0 fully saturated rings. The molecule has 2 N–H and O–H groups in total. The van der Waals surface area contributed by atoms with E-state index in [1.807, 2.05) is 0 Å². The molecule has 4 heteroatoms. The molecule has 0 aromatic heterocycles. The van der Waals surface area contributed by atoms with Gasteiger partial charge in [-0.2, -0.15) is 0 Å². The van der Waals surface area contributed by atoms with Gasteiger partial charge in [0, 0.05) is 5.56 Å². The van der Waals surface area contributed by atoms with Crippen LogP contribution in [-0.4, -0.2) is 16.8 Å². The summed E-state index contributed by atoms with van der Waals surface area (Å²) in [7, 11) is 0. The van der Waals surface area contributed by atoms with Crippen LogP contribution in [0.5, 0.6) is 11.5 Å². The zero-order valence-corrected chi connectivity index (χ0v) is 9.51. The van der Waals surface area contributed by atoms with Gasteiger partial charge in [-0.15, -0.1) is 0 Å². The summed E-state index contributed by atoms with van der Waals surface area (Å²) < 4.78 is 18.3. The van der Waals surface area contributed by atoms with Crippen molar-refractivity contribution in [2.45, 2.75) is 6.10 Å². The molecule has 1 radical (unpaired) electrons. The Morgan fingerprint density at radius 1 is 1.22 bits per heavy atom. The minimum Gasteiger partial charge on any atom is -0.457 e. The van der Waals surface area contributed by atoms with Gasteiger partial charge in [0.25, 0.3) is 0 Å². The third kappa shape index (κ3) is 2.85. The van der Waals surface area contributed by atoms with Crippen LogP contribution < -0.4 is 4.74 Å². The van der Waals surface area contributed by atoms with Gasteiger partial charge in [-0.05, 0) is 36.4 Å². The summed E-state index contributed by atoms with van der Waals surface area (Å²) in [5.41, 5.74) is 0.459. The molecular formula is C14H12FO3. The maximum absolute atomic E-state index is 12.8. The molecule has 3 nitrogen and oxygen atoms in total. The van der Waals surface area contributed by atoms with Crippen LogP contribution in [-0.2, 0) is 0 Å². The Morgan fingerprint density at radius 3 is 2.61 bits per heavy atom. The molecule has 2 aromatic carbocycles. The van der Waals surface area contributed by atoms with Crippen LogP contribution >= 0.6 is 0 Å². The molecular weight excluding hydrogens is 235 g/mol. The summed E-state index contributed by atoms with van der Waals surface area (Å²) in [4.78, 5) is 0. The van der Waals surface area contributed by atoms with E-state index in [4.69, 9.17) is 9.84 Å². The van der Waals surface area contributed by atoms with Crippen molar-refractivity contribution in [2.75, 3.05) is 6.61 Å². The van der Waals surface area contributed by atoms with Gasteiger partial charge < -0.3 is 14.9 Å². The van der Waals surface area contributed by atoms with E-state index >= 15 is 0 Å². The summed E-state index contributed by atoms with van der Waals surface area (Å²) >= 11 is 0. The molecule has 2 rings (SSSR count). The second-order valence-electron chi connectivity index (χ2n) is 3.72. The average Bonchev–Trinajstić information content (AvgIpc) is 2.41. The lowest BCUT2D eigenvalue weighted by Gasteiger charge is -2.14. The van der Waals surface area contributed by atoms with E-state index < -0.39 is 12.7 Å². The summed E-state index contributed by atoms with van der Waals surface area (Å²) in [5, 5.41) is 18.6. The number of ether oxygens (including phenoxy) is 1. The van der Waals surface area contributed by atoms with E-state index in [9.17, 15) is 9.50 Å². The fraction of sp³-hybridized carbons (Fsp3) is 0.143. The van der Waals surface area contributed by atoms with Gasteiger partial charge in [0.15, 0.2) is 0 Å². The van der Waals surface area contributed by atoms with E-state index in [0.717, 1.165) is 0 Å².